The van der Waals surface area contributed by atoms with E-state index >= 15 is 0 Å². The quantitative estimate of drug-likeness (QED) is 0.292. The van der Waals surface area contributed by atoms with Crippen LogP contribution >= 0.6 is 0 Å². The van der Waals surface area contributed by atoms with Crippen molar-refractivity contribution < 1.29 is 20.1 Å². The SMILES string of the molecule is C=C[C@@H](O)C#CC#C[C@@H](O)C=CCCCCCCCCCC(=O)O. The Morgan fingerprint density at radius 1 is 0.917 bits per heavy atom. The van der Waals surface area contributed by atoms with E-state index in [0.29, 0.717) is 0 Å². The van der Waals surface area contributed by atoms with Crippen molar-refractivity contribution in [3.05, 3.63) is 24.8 Å². The van der Waals surface area contributed by atoms with E-state index in [2.05, 4.69) is 30.3 Å². The summed E-state index contributed by atoms with van der Waals surface area (Å²) in [6.07, 6.45) is 11.7. The van der Waals surface area contributed by atoms with E-state index < -0.39 is 18.2 Å². The second-order valence-corrected chi connectivity index (χ2v) is 5.50. The van der Waals surface area contributed by atoms with Crippen LogP contribution in [0.1, 0.15) is 57.8 Å². The first-order valence-electron chi connectivity index (χ1n) is 8.44. The van der Waals surface area contributed by atoms with Gasteiger partial charge >= 0.3 is 5.97 Å². The minimum Gasteiger partial charge on any atom is -0.481 e. The normalized spacial score (nSPS) is 12.6. The van der Waals surface area contributed by atoms with Crippen LogP contribution in [0.5, 0.6) is 0 Å². The fraction of sp³-hybridized carbons (Fsp3) is 0.550. The zero-order valence-electron chi connectivity index (χ0n) is 14.2. The molecule has 0 aromatic heterocycles. The van der Waals surface area contributed by atoms with Crippen LogP contribution in [0.25, 0.3) is 0 Å². The van der Waals surface area contributed by atoms with Gasteiger partial charge in [0, 0.05) is 6.42 Å². The van der Waals surface area contributed by atoms with E-state index in [-0.39, 0.29) is 6.42 Å². The molecule has 0 amide bonds. The standard InChI is InChI=1S/C20H28O4/c1-2-18(21)14-12-13-16-19(22)15-10-8-6-4-3-5-7-9-11-17-20(23)24/h2,10,15,18-19,21-22H,1,3-9,11,17H2,(H,23,24)/t18-,19+/m1/s1. The lowest BCUT2D eigenvalue weighted by Crippen LogP contribution is -1.97. The van der Waals surface area contributed by atoms with E-state index in [0.717, 1.165) is 51.4 Å². The molecule has 3 N–H and O–H groups in total. The van der Waals surface area contributed by atoms with E-state index in [1.165, 1.54) is 6.08 Å². The molecule has 0 rings (SSSR count). The maximum atomic E-state index is 10.3. The number of carboxylic acid groups (broad SMARTS) is 1. The van der Waals surface area contributed by atoms with E-state index in [1.54, 1.807) is 6.08 Å². The summed E-state index contributed by atoms with van der Waals surface area (Å²) in [7, 11) is 0. The molecule has 0 aromatic rings. The Hall–Kier alpha value is -2.01. The van der Waals surface area contributed by atoms with Gasteiger partial charge < -0.3 is 15.3 Å². The summed E-state index contributed by atoms with van der Waals surface area (Å²) in [5, 5.41) is 27.2. The summed E-state index contributed by atoms with van der Waals surface area (Å²) in [4.78, 5) is 10.3. The lowest BCUT2D eigenvalue weighted by atomic mass is 10.1. The average Bonchev–Trinajstić information content (AvgIpc) is 2.56. The number of allylic oxidation sites excluding steroid dienone is 1. The third kappa shape index (κ3) is 16.4. The molecule has 0 aromatic carbocycles. The summed E-state index contributed by atoms with van der Waals surface area (Å²) in [6.45, 7) is 3.39. The highest BCUT2D eigenvalue weighted by atomic mass is 16.4. The Bertz CT molecular complexity index is 499. The summed E-state index contributed by atoms with van der Waals surface area (Å²) in [6, 6.07) is 0. The lowest BCUT2D eigenvalue weighted by Gasteiger charge is -2.00. The molecule has 0 aliphatic carbocycles. The molecule has 0 unspecified atom stereocenters. The van der Waals surface area contributed by atoms with Gasteiger partial charge in [0.2, 0.25) is 0 Å². The van der Waals surface area contributed by atoms with Crippen LogP contribution in [0.4, 0.5) is 0 Å². The molecule has 0 spiro atoms. The Kier molecular flexibility index (Phi) is 14.5. The Labute approximate surface area is 145 Å². The molecule has 0 saturated carbocycles. The van der Waals surface area contributed by atoms with E-state index in [1.807, 2.05) is 6.08 Å². The van der Waals surface area contributed by atoms with Gasteiger partial charge in [-0.3, -0.25) is 4.79 Å². The van der Waals surface area contributed by atoms with Gasteiger partial charge in [-0.15, -0.1) is 0 Å². The van der Waals surface area contributed by atoms with E-state index in [9.17, 15) is 9.90 Å². The van der Waals surface area contributed by atoms with Gasteiger partial charge in [-0.25, -0.2) is 0 Å². The van der Waals surface area contributed by atoms with Crippen molar-refractivity contribution in [2.24, 2.45) is 0 Å². The van der Waals surface area contributed by atoms with Gasteiger partial charge in [0.05, 0.1) is 0 Å². The molecule has 0 aliphatic heterocycles. The highest BCUT2D eigenvalue weighted by molar-refractivity contribution is 5.66. The first-order valence-corrected chi connectivity index (χ1v) is 8.44. The molecule has 0 aliphatic rings. The minimum absolute atomic E-state index is 0.274. The van der Waals surface area contributed by atoms with Crippen LogP contribution in [-0.4, -0.2) is 33.5 Å². The number of hydrogen-bond donors (Lipinski definition) is 3. The van der Waals surface area contributed by atoms with Gasteiger partial charge in [0.25, 0.3) is 0 Å². The topological polar surface area (TPSA) is 77.8 Å². The van der Waals surface area contributed by atoms with Crippen molar-refractivity contribution in [1.29, 1.82) is 0 Å². The number of carbonyl (C=O) groups is 1. The van der Waals surface area contributed by atoms with Crippen molar-refractivity contribution >= 4 is 5.97 Å². The molecule has 2 atom stereocenters. The van der Waals surface area contributed by atoms with Crippen molar-refractivity contribution in [2.45, 2.75) is 70.0 Å². The van der Waals surface area contributed by atoms with Crippen LogP contribution in [0, 0.1) is 23.7 Å². The second-order valence-electron chi connectivity index (χ2n) is 5.50. The first kappa shape index (κ1) is 22.0. The molecule has 0 bridgehead atoms. The van der Waals surface area contributed by atoms with Gasteiger partial charge in [-0.05, 0) is 37.2 Å². The van der Waals surface area contributed by atoms with Crippen LogP contribution in [0.2, 0.25) is 0 Å². The van der Waals surface area contributed by atoms with Crippen molar-refractivity contribution in [3.8, 4) is 23.7 Å². The first-order chi connectivity index (χ1) is 11.6. The number of rotatable bonds is 12. The number of aliphatic hydroxyl groups excluding tert-OH is 2. The smallest absolute Gasteiger partial charge is 0.303 e. The molecule has 4 nitrogen and oxygen atoms in total. The number of unbranched alkanes of at least 4 members (excludes halogenated alkanes) is 7. The third-order valence-corrected chi connectivity index (χ3v) is 3.31. The monoisotopic (exact) mass is 332 g/mol. The average molecular weight is 332 g/mol. The van der Waals surface area contributed by atoms with Gasteiger partial charge in [0.1, 0.15) is 12.2 Å². The Morgan fingerprint density at radius 2 is 1.46 bits per heavy atom. The van der Waals surface area contributed by atoms with Crippen LogP contribution in [-0.2, 0) is 4.79 Å². The molecular formula is C20H28O4. The Balaban J connectivity index is 3.57. The number of aliphatic carboxylic acids is 1. The summed E-state index contributed by atoms with van der Waals surface area (Å²) < 4.78 is 0. The van der Waals surface area contributed by atoms with Gasteiger partial charge in [-0.2, -0.15) is 0 Å². The predicted molar refractivity (Wildman–Crippen MR) is 96.1 cm³/mol. The maximum absolute atomic E-state index is 10.3. The molecule has 0 fully saturated rings. The minimum atomic E-state index is -0.885. The number of carboxylic acids is 1. The predicted octanol–water partition coefficient (Wildman–Crippen LogP) is 3.05. The van der Waals surface area contributed by atoms with Crippen LogP contribution < -0.4 is 0 Å². The van der Waals surface area contributed by atoms with Crippen molar-refractivity contribution in [1.82, 2.24) is 0 Å². The van der Waals surface area contributed by atoms with Crippen molar-refractivity contribution in [2.75, 3.05) is 0 Å². The largest absolute Gasteiger partial charge is 0.481 e. The molecule has 0 heterocycles. The summed E-state index contributed by atoms with van der Waals surface area (Å²) >= 11 is 0. The van der Waals surface area contributed by atoms with Crippen molar-refractivity contribution in [3.63, 3.8) is 0 Å². The zero-order chi connectivity index (χ0) is 18.0. The van der Waals surface area contributed by atoms with E-state index in [4.69, 9.17) is 10.2 Å². The van der Waals surface area contributed by atoms with Gasteiger partial charge in [0.15, 0.2) is 0 Å². The fourth-order valence-electron chi connectivity index (χ4n) is 1.97. The molecule has 0 saturated heterocycles. The molecule has 132 valence electrons. The molecule has 24 heavy (non-hydrogen) atoms. The zero-order valence-corrected chi connectivity index (χ0v) is 14.2. The Morgan fingerprint density at radius 3 is 2.04 bits per heavy atom. The van der Waals surface area contributed by atoms with Crippen LogP contribution in [0.3, 0.4) is 0 Å². The fourth-order valence-corrected chi connectivity index (χ4v) is 1.97. The molecule has 0 radical (unpaired) electrons. The summed E-state index contributed by atoms with van der Waals surface area (Å²) in [5.74, 6) is 9.24. The highest BCUT2D eigenvalue weighted by Gasteiger charge is 1.96. The second kappa shape index (κ2) is 15.9. The maximum Gasteiger partial charge on any atom is 0.303 e. The molecule has 4 heteroatoms. The number of hydrogen-bond acceptors (Lipinski definition) is 3. The highest BCUT2D eigenvalue weighted by Crippen LogP contribution is 2.10. The lowest BCUT2D eigenvalue weighted by molar-refractivity contribution is -0.137. The molecular weight excluding hydrogens is 304 g/mol. The summed E-state index contributed by atoms with van der Waals surface area (Å²) in [5.41, 5.74) is 0. The third-order valence-electron chi connectivity index (χ3n) is 3.31. The number of aliphatic hydroxyl groups is 2. The van der Waals surface area contributed by atoms with Gasteiger partial charge in [-0.1, -0.05) is 62.7 Å². The van der Waals surface area contributed by atoms with Crippen LogP contribution in [0.15, 0.2) is 24.8 Å².